The summed E-state index contributed by atoms with van der Waals surface area (Å²) in [7, 11) is 1.92. The fraction of sp³-hybridized carbons (Fsp3) is 0.200. The number of nitrogens with zero attached hydrogens (tertiary/aromatic N) is 4. The molecule has 0 spiro atoms. The standard InChI is InChI=1S/C20H22N4O5S/c1-23(2)30(26,27)24-20(15-7-5-6-8-16(15)25)21-19(22-24)12-10-14-9-11-17(28-3)18(13-14)29-4/h5-13,25H,1-4H3. The van der Waals surface area contributed by atoms with Gasteiger partial charge in [0.2, 0.25) is 0 Å². The number of benzene rings is 2. The summed E-state index contributed by atoms with van der Waals surface area (Å²) in [5.74, 6) is 1.22. The van der Waals surface area contributed by atoms with Gasteiger partial charge in [-0.05, 0) is 35.9 Å². The second-order valence-corrected chi connectivity index (χ2v) is 8.36. The Kier molecular flexibility index (Phi) is 6.09. The molecule has 10 heteroatoms. The molecule has 1 N–H and O–H groups in total. The maximum absolute atomic E-state index is 12.7. The van der Waals surface area contributed by atoms with Crippen molar-refractivity contribution in [2.45, 2.75) is 0 Å². The van der Waals surface area contributed by atoms with E-state index in [4.69, 9.17) is 9.47 Å². The average Bonchev–Trinajstić information content (AvgIpc) is 3.17. The Morgan fingerprint density at radius 3 is 2.37 bits per heavy atom. The van der Waals surface area contributed by atoms with Gasteiger partial charge < -0.3 is 14.6 Å². The van der Waals surface area contributed by atoms with Crippen LogP contribution in [-0.2, 0) is 10.2 Å². The van der Waals surface area contributed by atoms with E-state index in [2.05, 4.69) is 10.1 Å². The molecular weight excluding hydrogens is 408 g/mol. The minimum absolute atomic E-state index is 0.00811. The zero-order valence-electron chi connectivity index (χ0n) is 17.0. The number of phenolic OH excluding ortho intramolecular Hbond substituents is 1. The first-order valence-corrected chi connectivity index (χ1v) is 10.3. The summed E-state index contributed by atoms with van der Waals surface area (Å²) in [6.45, 7) is 0. The van der Waals surface area contributed by atoms with Gasteiger partial charge in [-0.15, -0.1) is 9.19 Å². The summed E-state index contributed by atoms with van der Waals surface area (Å²) < 4.78 is 37.8. The first-order valence-electron chi connectivity index (χ1n) is 8.86. The van der Waals surface area contributed by atoms with E-state index in [0.29, 0.717) is 11.5 Å². The highest BCUT2D eigenvalue weighted by Crippen LogP contribution is 2.30. The van der Waals surface area contributed by atoms with Crippen molar-refractivity contribution in [1.29, 1.82) is 0 Å². The summed E-state index contributed by atoms with van der Waals surface area (Å²) in [5, 5.41) is 14.3. The van der Waals surface area contributed by atoms with Gasteiger partial charge in [0.1, 0.15) is 5.75 Å². The van der Waals surface area contributed by atoms with Crippen LogP contribution < -0.4 is 9.47 Å². The number of hydrogen-bond donors (Lipinski definition) is 1. The molecule has 0 aliphatic heterocycles. The van der Waals surface area contributed by atoms with Gasteiger partial charge in [-0.2, -0.15) is 12.7 Å². The van der Waals surface area contributed by atoms with E-state index >= 15 is 0 Å². The van der Waals surface area contributed by atoms with Crippen molar-refractivity contribution in [2.24, 2.45) is 0 Å². The van der Waals surface area contributed by atoms with Gasteiger partial charge in [0, 0.05) is 14.1 Å². The topological polar surface area (TPSA) is 107 Å². The van der Waals surface area contributed by atoms with Crippen LogP contribution in [0.5, 0.6) is 17.2 Å². The number of aromatic nitrogens is 3. The maximum Gasteiger partial charge on any atom is 0.324 e. The van der Waals surface area contributed by atoms with Crippen LogP contribution >= 0.6 is 0 Å². The third kappa shape index (κ3) is 4.14. The van der Waals surface area contributed by atoms with E-state index in [1.165, 1.54) is 20.2 Å². The molecule has 1 heterocycles. The second kappa shape index (κ2) is 8.56. The molecule has 30 heavy (non-hydrogen) atoms. The number of hydrogen-bond acceptors (Lipinski definition) is 7. The van der Waals surface area contributed by atoms with Crippen LogP contribution in [0.1, 0.15) is 11.4 Å². The Bertz CT molecular complexity index is 1190. The molecule has 158 valence electrons. The monoisotopic (exact) mass is 430 g/mol. The Morgan fingerprint density at radius 1 is 1.03 bits per heavy atom. The number of phenols is 1. The number of rotatable bonds is 7. The van der Waals surface area contributed by atoms with Crippen LogP contribution in [0.2, 0.25) is 0 Å². The molecular formula is C20H22N4O5S. The molecule has 0 aliphatic rings. The van der Waals surface area contributed by atoms with Crippen LogP contribution in [0.3, 0.4) is 0 Å². The molecule has 1 aromatic heterocycles. The Morgan fingerprint density at radius 2 is 1.73 bits per heavy atom. The molecule has 0 unspecified atom stereocenters. The van der Waals surface area contributed by atoms with Gasteiger partial charge >= 0.3 is 10.2 Å². The Labute approximate surface area is 175 Å². The quantitative estimate of drug-likeness (QED) is 0.614. The predicted octanol–water partition coefficient (Wildman–Crippen LogP) is 2.49. The minimum atomic E-state index is -3.96. The molecule has 0 saturated heterocycles. The summed E-state index contributed by atoms with van der Waals surface area (Å²) in [6, 6.07) is 11.7. The number of para-hydroxylation sites is 1. The number of methoxy groups -OCH3 is 2. The van der Waals surface area contributed by atoms with Crippen molar-refractivity contribution in [2.75, 3.05) is 28.3 Å². The number of ether oxygens (including phenoxy) is 2. The maximum atomic E-state index is 12.7. The smallest absolute Gasteiger partial charge is 0.324 e. The Balaban J connectivity index is 2.07. The highest BCUT2D eigenvalue weighted by molar-refractivity contribution is 7.87. The van der Waals surface area contributed by atoms with Crippen LogP contribution in [0.4, 0.5) is 0 Å². The van der Waals surface area contributed by atoms with Gasteiger partial charge in [0.15, 0.2) is 23.1 Å². The van der Waals surface area contributed by atoms with Crippen molar-refractivity contribution in [3.8, 4) is 28.6 Å². The molecule has 0 amide bonds. The van der Waals surface area contributed by atoms with Crippen molar-refractivity contribution < 1.29 is 23.0 Å². The number of aromatic hydroxyl groups is 1. The van der Waals surface area contributed by atoms with Gasteiger partial charge in [-0.3, -0.25) is 0 Å². The molecule has 0 fully saturated rings. The molecule has 0 saturated carbocycles. The summed E-state index contributed by atoms with van der Waals surface area (Å²) in [5.41, 5.74) is 1.03. The van der Waals surface area contributed by atoms with E-state index in [1.54, 1.807) is 56.7 Å². The van der Waals surface area contributed by atoms with Crippen LogP contribution in [-0.4, -0.2) is 60.3 Å². The molecule has 2 aromatic carbocycles. The molecule has 3 aromatic rings. The van der Waals surface area contributed by atoms with Crippen molar-refractivity contribution in [3.05, 3.63) is 53.9 Å². The molecule has 9 nitrogen and oxygen atoms in total. The molecule has 0 aliphatic carbocycles. The zero-order valence-corrected chi connectivity index (χ0v) is 17.8. The lowest BCUT2D eigenvalue weighted by molar-refractivity contribution is 0.355. The van der Waals surface area contributed by atoms with Crippen LogP contribution in [0.15, 0.2) is 42.5 Å². The molecule has 3 rings (SSSR count). The zero-order chi connectivity index (χ0) is 21.9. The van der Waals surface area contributed by atoms with Crippen LogP contribution in [0.25, 0.3) is 23.5 Å². The first kappa shape index (κ1) is 21.3. The highest BCUT2D eigenvalue weighted by atomic mass is 32.2. The fourth-order valence-corrected chi connectivity index (χ4v) is 3.51. The van der Waals surface area contributed by atoms with Crippen LogP contribution in [0, 0.1) is 0 Å². The van der Waals surface area contributed by atoms with Gasteiger partial charge in [0.25, 0.3) is 0 Å². The van der Waals surface area contributed by atoms with E-state index in [-0.39, 0.29) is 23.0 Å². The van der Waals surface area contributed by atoms with Gasteiger partial charge in [-0.25, -0.2) is 4.98 Å². The second-order valence-electron chi connectivity index (χ2n) is 6.39. The van der Waals surface area contributed by atoms with Gasteiger partial charge in [-0.1, -0.05) is 24.3 Å². The van der Waals surface area contributed by atoms with Crippen molar-refractivity contribution in [3.63, 3.8) is 0 Å². The normalized spacial score (nSPS) is 11.9. The van der Waals surface area contributed by atoms with Gasteiger partial charge in [0.05, 0.1) is 19.8 Å². The summed E-state index contributed by atoms with van der Waals surface area (Å²) >= 11 is 0. The fourth-order valence-electron chi connectivity index (χ4n) is 2.65. The third-order valence-corrected chi connectivity index (χ3v) is 5.87. The van der Waals surface area contributed by atoms with Crippen molar-refractivity contribution >= 4 is 22.4 Å². The highest BCUT2D eigenvalue weighted by Gasteiger charge is 2.25. The predicted molar refractivity (Wildman–Crippen MR) is 114 cm³/mol. The summed E-state index contributed by atoms with van der Waals surface area (Å²) in [6.07, 6.45) is 3.30. The largest absolute Gasteiger partial charge is 0.507 e. The summed E-state index contributed by atoms with van der Waals surface area (Å²) in [4.78, 5) is 4.32. The average molecular weight is 430 g/mol. The first-order chi connectivity index (χ1) is 14.3. The molecule has 0 atom stereocenters. The van der Waals surface area contributed by atoms with E-state index < -0.39 is 10.2 Å². The SMILES string of the molecule is COc1ccc(C=Cc2nc(-c3ccccc3O)n(S(=O)(=O)N(C)C)n2)cc1OC. The minimum Gasteiger partial charge on any atom is -0.507 e. The molecule has 0 radical (unpaired) electrons. The van der Waals surface area contributed by atoms with Crippen molar-refractivity contribution in [1.82, 2.24) is 18.5 Å². The lowest BCUT2D eigenvalue weighted by Gasteiger charge is -2.12. The van der Waals surface area contributed by atoms with E-state index in [0.717, 1.165) is 14.0 Å². The Hall–Kier alpha value is -3.37. The molecule has 0 bridgehead atoms. The van der Waals surface area contributed by atoms with E-state index in [1.807, 2.05) is 6.07 Å². The lowest BCUT2D eigenvalue weighted by Crippen LogP contribution is -2.30. The lowest BCUT2D eigenvalue weighted by atomic mass is 10.2. The van der Waals surface area contributed by atoms with E-state index in [9.17, 15) is 13.5 Å². The third-order valence-electron chi connectivity index (χ3n) is 4.25.